The van der Waals surface area contributed by atoms with Crippen LogP contribution in [0.1, 0.15) is 37.8 Å². The van der Waals surface area contributed by atoms with Crippen molar-refractivity contribution < 1.29 is 27.5 Å². The van der Waals surface area contributed by atoms with Gasteiger partial charge in [0.15, 0.2) is 5.54 Å². The van der Waals surface area contributed by atoms with Crippen LogP contribution in [0.2, 0.25) is 5.02 Å². The molecule has 3 aliphatic rings. The predicted molar refractivity (Wildman–Crippen MR) is 182 cm³/mol. The highest BCUT2D eigenvalue weighted by atomic mass is 35.5. The number of halogens is 1. The van der Waals surface area contributed by atoms with Crippen molar-refractivity contribution in [2.45, 2.75) is 43.2 Å². The number of carbonyl (C=O) groups excluding carboxylic acids is 2. The average molecular weight is 697 g/mol. The molecule has 6 rings (SSSR count). The third-order valence-electron chi connectivity index (χ3n) is 9.55. The lowest BCUT2D eigenvalue weighted by Gasteiger charge is -2.43. The van der Waals surface area contributed by atoms with Gasteiger partial charge in [-0.05, 0) is 68.8 Å². The maximum atomic E-state index is 15.0. The summed E-state index contributed by atoms with van der Waals surface area (Å²) in [6.45, 7) is 10.2. The summed E-state index contributed by atoms with van der Waals surface area (Å²) >= 11 is 6.53. The zero-order valence-corrected chi connectivity index (χ0v) is 29.0. The largest absolute Gasteiger partial charge is 0.495 e. The minimum Gasteiger partial charge on any atom is -0.495 e. The molecule has 4 heterocycles. The molecule has 3 aromatic rings. The summed E-state index contributed by atoms with van der Waals surface area (Å²) in [7, 11) is -3.21. The Hall–Kier alpha value is -3.91. The first-order chi connectivity index (χ1) is 23.1. The number of rotatable bonds is 9. The molecule has 2 saturated heterocycles. The molecule has 3 aliphatic heterocycles. The highest BCUT2D eigenvalue weighted by Gasteiger charge is 2.59. The molecule has 0 spiro atoms. The molecular formula is C34H41ClN6O6S. The van der Waals surface area contributed by atoms with Crippen molar-refractivity contribution in [3.8, 4) is 11.6 Å². The monoisotopic (exact) mass is 696 g/mol. The van der Waals surface area contributed by atoms with Gasteiger partial charge in [0.1, 0.15) is 10.6 Å². The Kier molecular flexibility index (Phi) is 9.84. The number of hydrogen-bond acceptors (Lipinski definition) is 9. The third kappa shape index (κ3) is 5.97. The second kappa shape index (κ2) is 13.9. The number of aromatic nitrogens is 1. The number of ether oxygens (including phenoxy) is 2. The standard InChI is InChI=1S/C34H41ClN6O6S/c1-4-38-19-21-39(22-20-38)25-14-17-40(18-15-25)33(43)37-34(26-9-8-16-36-31(26)47-5-2)27-23-24(35)12-13-28(27)41(32(34)42)48(44,45)30-11-7-6-10-29(30)46-3/h6-13,16,23,25H,4-5,14-15,17-22H2,1-3H3,(H,37,43). The van der Waals surface area contributed by atoms with Gasteiger partial charge in [0.2, 0.25) is 5.88 Å². The van der Waals surface area contributed by atoms with Crippen molar-refractivity contribution in [2.24, 2.45) is 0 Å². The lowest BCUT2D eigenvalue weighted by Crippen LogP contribution is -2.59. The molecule has 0 aliphatic carbocycles. The summed E-state index contributed by atoms with van der Waals surface area (Å²) in [5.41, 5.74) is -1.62. The molecule has 0 radical (unpaired) electrons. The highest BCUT2D eigenvalue weighted by molar-refractivity contribution is 7.93. The van der Waals surface area contributed by atoms with Crippen molar-refractivity contribution in [3.05, 3.63) is 76.9 Å². The van der Waals surface area contributed by atoms with Gasteiger partial charge in [0.25, 0.3) is 15.9 Å². The minimum atomic E-state index is -4.57. The number of carbonyl (C=O) groups is 2. The number of likely N-dealkylation sites (tertiary alicyclic amines) is 1. The van der Waals surface area contributed by atoms with E-state index in [2.05, 4.69) is 27.0 Å². The second-order valence-corrected chi connectivity index (χ2v) is 14.2. The van der Waals surface area contributed by atoms with E-state index < -0.39 is 27.5 Å². The molecule has 48 heavy (non-hydrogen) atoms. The summed E-state index contributed by atoms with van der Waals surface area (Å²) < 4.78 is 40.8. The van der Waals surface area contributed by atoms with Crippen LogP contribution in [0, 0.1) is 0 Å². The number of nitrogens with zero attached hydrogens (tertiary/aromatic N) is 5. The number of hydrogen-bond donors (Lipinski definition) is 1. The van der Waals surface area contributed by atoms with Crippen LogP contribution in [0.4, 0.5) is 10.5 Å². The van der Waals surface area contributed by atoms with Crippen LogP contribution in [0.25, 0.3) is 0 Å². The molecule has 1 atom stereocenters. The summed E-state index contributed by atoms with van der Waals surface area (Å²) in [4.78, 5) is 40.1. The lowest BCUT2D eigenvalue weighted by atomic mass is 9.84. The van der Waals surface area contributed by atoms with Crippen molar-refractivity contribution in [1.82, 2.24) is 25.0 Å². The Labute approximate surface area is 286 Å². The molecule has 2 fully saturated rings. The van der Waals surface area contributed by atoms with Crippen LogP contribution in [0.5, 0.6) is 11.6 Å². The summed E-state index contributed by atoms with van der Waals surface area (Å²) in [5, 5.41) is 3.25. The van der Waals surface area contributed by atoms with E-state index in [1.54, 1.807) is 36.1 Å². The molecule has 1 N–H and O–H groups in total. The van der Waals surface area contributed by atoms with Gasteiger partial charge in [-0.15, -0.1) is 0 Å². The van der Waals surface area contributed by atoms with Crippen molar-refractivity contribution in [2.75, 3.05) is 63.8 Å². The normalized spacial score (nSPS) is 20.9. The maximum absolute atomic E-state index is 15.0. The first kappa shape index (κ1) is 34.0. The van der Waals surface area contributed by atoms with E-state index in [-0.39, 0.29) is 45.0 Å². The van der Waals surface area contributed by atoms with Gasteiger partial charge in [-0.3, -0.25) is 9.69 Å². The van der Waals surface area contributed by atoms with E-state index in [0.717, 1.165) is 49.9 Å². The molecule has 2 aromatic carbocycles. The van der Waals surface area contributed by atoms with Crippen LogP contribution >= 0.6 is 11.6 Å². The molecule has 0 saturated carbocycles. The van der Waals surface area contributed by atoms with Crippen molar-refractivity contribution in [3.63, 3.8) is 0 Å². The third-order valence-corrected chi connectivity index (χ3v) is 11.5. The number of nitrogens with one attached hydrogen (secondary N) is 1. The fourth-order valence-corrected chi connectivity index (χ4v) is 8.82. The highest BCUT2D eigenvalue weighted by Crippen LogP contribution is 2.50. The van der Waals surface area contributed by atoms with Crippen LogP contribution in [-0.4, -0.2) is 106 Å². The Balaban J connectivity index is 1.40. The fourth-order valence-electron chi connectivity index (χ4n) is 7.03. The number of para-hydroxylation sites is 1. The van der Waals surface area contributed by atoms with Gasteiger partial charge in [0.05, 0.1) is 25.0 Å². The number of anilines is 1. The molecular weight excluding hydrogens is 656 g/mol. The van der Waals surface area contributed by atoms with Gasteiger partial charge in [-0.2, -0.15) is 4.31 Å². The summed E-state index contributed by atoms with van der Waals surface area (Å²) in [6.07, 6.45) is 3.08. The van der Waals surface area contributed by atoms with E-state index >= 15 is 4.79 Å². The first-order valence-corrected chi connectivity index (χ1v) is 18.1. The smallest absolute Gasteiger partial charge is 0.318 e. The predicted octanol–water partition coefficient (Wildman–Crippen LogP) is 3.93. The maximum Gasteiger partial charge on any atom is 0.318 e. The van der Waals surface area contributed by atoms with Crippen LogP contribution in [0.15, 0.2) is 65.7 Å². The number of amides is 3. The number of benzene rings is 2. The Bertz CT molecular complexity index is 1780. The van der Waals surface area contributed by atoms with Gasteiger partial charge in [-0.25, -0.2) is 18.2 Å². The van der Waals surface area contributed by atoms with E-state index in [4.69, 9.17) is 21.1 Å². The Morgan fingerprint density at radius 2 is 1.73 bits per heavy atom. The van der Waals surface area contributed by atoms with E-state index in [0.29, 0.717) is 19.1 Å². The van der Waals surface area contributed by atoms with Gasteiger partial charge in [-0.1, -0.05) is 30.7 Å². The minimum absolute atomic E-state index is 0.0480. The quantitative estimate of drug-likeness (QED) is 0.354. The van der Waals surface area contributed by atoms with Crippen molar-refractivity contribution >= 4 is 39.2 Å². The van der Waals surface area contributed by atoms with Crippen LogP contribution in [0.3, 0.4) is 0 Å². The first-order valence-electron chi connectivity index (χ1n) is 16.3. The van der Waals surface area contributed by atoms with Gasteiger partial charge < -0.3 is 24.6 Å². The zero-order valence-electron chi connectivity index (χ0n) is 27.4. The van der Waals surface area contributed by atoms with Gasteiger partial charge in [0, 0.05) is 62.1 Å². The van der Waals surface area contributed by atoms with Crippen LogP contribution in [-0.2, 0) is 20.4 Å². The summed E-state index contributed by atoms with van der Waals surface area (Å²) in [5.74, 6) is -0.768. The van der Waals surface area contributed by atoms with Gasteiger partial charge >= 0.3 is 6.03 Å². The fraction of sp³-hybridized carbons (Fsp3) is 0.441. The number of urea groups is 1. The Morgan fingerprint density at radius 3 is 2.42 bits per heavy atom. The Morgan fingerprint density at radius 1 is 1.00 bits per heavy atom. The summed E-state index contributed by atoms with van der Waals surface area (Å²) in [6, 6.07) is 13.6. The number of fused-ring (bicyclic) bond motifs is 1. The number of piperidine rings is 1. The second-order valence-electron chi connectivity index (χ2n) is 12.0. The molecule has 1 aromatic heterocycles. The zero-order chi connectivity index (χ0) is 34.1. The lowest BCUT2D eigenvalue weighted by molar-refractivity contribution is -0.121. The molecule has 0 bridgehead atoms. The van der Waals surface area contributed by atoms with E-state index in [1.165, 1.54) is 43.6 Å². The number of methoxy groups -OCH3 is 1. The average Bonchev–Trinajstić information content (AvgIpc) is 3.36. The molecule has 14 heteroatoms. The molecule has 1 unspecified atom stereocenters. The van der Waals surface area contributed by atoms with E-state index in [9.17, 15) is 13.2 Å². The van der Waals surface area contributed by atoms with Crippen LogP contribution < -0.4 is 19.1 Å². The number of sulfonamides is 1. The SMILES string of the molecule is CCOc1ncccc1C1(NC(=O)N2CCC(N3CCN(CC)CC3)CC2)C(=O)N(S(=O)(=O)c2ccccc2OC)c2ccc(Cl)cc21. The molecule has 12 nitrogen and oxygen atoms in total. The number of pyridine rings is 1. The molecule has 3 amide bonds. The van der Waals surface area contributed by atoms with E-state index in [1.807, 2.05) is 0 Å². The van der Waals surface area contributed by atoms with Crippen molar-refractivity contribution in [1.29, 1.82) is 0 Å². The topological polar surface area (TPSA) is 125 Å². The number of likely N-dealkylation sites (N-methyl/N-ethyl adjacent to an activating group) is 1. The molecule has 256 valence electrons. The number of piperazine rings is 1.